The van der Waals surface area contributed by atoms with E-state index in [4.69, 9.17) is 5.73 Å². The van der Waals surface area contributed by atoms with Gasteiger partial charge in [-0.3, -0.25) is 24.4 Å². The number of likely N-dealkylation sites (tertiary alicyclic amines) is 1. The summed E-state index contributed by atoms with van der Waals surface area (Å²) in [4.78, 5) is 47.3. The Hall–Kier alpha value is -3.81. The van der Waals surface area contributed by atoms with Crippen LogP contribution in [0.2, 0.25) is 0 Å². The third kappa shape index (κ3) is 4.44. The second-order valence-corrected chi connectivity index (χ2v) is 8.34. The van der Waals surface area contributed by atoms with E-state index in [1.807, 2.05) is 37.3 Å². The Bertz CT molecular complexity index is 1210. The van der Waals surface area contributed by atoms with Crippen molar-refractivity contribution in [2.45, 2.75) is 32.7 Å². The standard InChI is InChI=1S/C24H25N5O3/c1-14-3-8-21(17-6-7-20-16(9-17)5-4-15(2)27-20)29(13-14)24(32)23(31)28-19-10-18(22(25)30)11-26-12-19/h4-7,9-12,14,21H,3,8,13H2,1-2H3,(H2,25,30)(H,28,31)/t14-,21+/m1/s1. The van der Waals surface area contributed by atoms with Crippen LogP contribution in [0.15, 0.2) is 48.8 Å². The fraction of sp³-hybridized carbons (Fsp3) is 0.292. The molecule has 3 amide bonds. The number of aryl methyl sites for hydroxylation is 1. The fourth-order valence-corrected chi connectivity index (χ4v) is 4.13. The van der Waals surface area contributed by atoms with E-state index in [1.165, 1.54) is 18.5 Å². The number of aromatic nitrogens is 2. The molecular weight excluding hydrogens is 406 g/mol. The van der Waals surface area contributed by atoms with Crippen molar-refractivity contribution in [1.82, 2.24) is 14.9 Å². The lowest BCUT2D eigenvalue weighted by atomic mass is 9.89. The minimum atomic E-state index is -0.773. The lowest BCUT2D eigenvalue weighted by molar-refractivity contribution is -0.146. The molecule has 3 N–H and O–H groups in total. The van der Waals surface area contributed by atoms with Crippen LogP contribution >= 0.6 is 0 Å². The van der Waals surface area contributed by atoms with E-state index in [9.17, 15) is 14.4 Å². The fourth-order valence-electron chi connectivity index (χ4n) is 4.13. The Kier molecular flexibility index (Phi) is 5.85. The highest BCUT2D eigenvalue weighted by Crippen LogP contribution is 2.34. The maximum atomic E-state index is 13.1. The normalized spacial score (nSPS) is 18.4. The Morgan fingerprint density at radius 1 is 1.09 bits per heavy atom. The van der Waals surface area contributed by atoms with Gasteiger partial charge in [-0.15, -0.1) is 0 Å². The van der Waals surface area contributed by atoms with Crippen LogP contribution < -0.4 is 11.1 Å². The first-order valence-corrected chi connectivity index (χ1v) is 10.6. The van der Waals surface area contributed by atoms with Gasteiger partial charge in [-0.1, -0.05) is 19.1 Å². The van der Waals surface area contributed by atoms with Crippen LogP contribution in [0.1, 0.15) is 47.4 Å². The van der Waals surface area contributed by atoms with Gasteiger partial charge in [0.05, 0.1) is 29.0 Å². The van der Waals surface area contributed by atoms with Gasteiger partial charge in [0.15, 0.2) is 0 Å². The van der Waals surface area contributed by atoms with Crippen molar-refractivity contribution in [2.75, 3.05) is 11.9 Å². The third-order valence-electron chi connectivity index (χ3n) is 5.79. The van der Waals surface area contributed by atoms with Gasteiger partial charge in [0.1, 0.15) is 0 Å². The Labute approximate surface area is 185 Å². The molecule has 1 aliphatic rings. The summed E-state index contributed by atoms with van der Waals surface area (Å²) in [6.45, 7) is 4.51. The molecule has 3 aromatic rings. The summed E-state index contributed by atoms with van der Waals surface area (Å²) in [5, 5.41) is 3.54. The average Bonchev–Trinajstić information content (AvgIpc) is 2.78. The lowest BCUT2D eigenvalue weighted by Gasteiger charge is -2.38. The molecule has 0 spiro atoms. The number of amides is 3. The first kappa shape index (κ1) is 21.4. The van der Waals surface area contributed by atoms with Crippen LogP contribution in [0, 0.1) is 12.8 Å². The number of piperidine rings is 1. The number of carbonyl (C=O) groups excluding carboxylic acids is 3. The molecule has 1 saturated heterocycles. The predicted octanol–water partition coefficient (Wildman–Crippen LogP) is 2.98. The van der Waals surface area contributed by atoms with Gasteiger partial charge in [-0.2, -0.15) is 0 Å². The second-order valence-electron chi connectivity index (χ2n) is 8.34. The largest absolute Gasteiger partial charge is 0.366 e. The second kappa shape index (κ2) is 8.74. The first-order valence-electron chi connectivity index (χ1n) is 10.6. The highest BCUT2D eigenvalue weighted by atomic mass is 16.2. The number of pyridine rings is 2. The molecule has 0 saturated carbocycles. The molecule has 8 nitrogen and oxygen atoms in total. The molecule has 0 bridgehead atoms. The highest BCUT2D eigenvalue weighted by Gasteiger charge is 2.34. The van der Waals surface area contributed by atoms with Crippen LogP contribution in [-0.2, 0) is 9.59 Å². The van der Waals surface area contributed by atoms with E-state index in [2.05, 4.69) is 22.2 Å². The predicted molar refractivity (Wildman–Crippen MR) is 121 cm³/mol. The zero-order chi connectivity index (χ0) is 22.8. The van der Waals surface area contributed by atoms with Crippen molar-refractivity contribution in [3.8, 4) is 0 Å². The van der Waals surface area contributed by atoms with Crippen LogP contribution in [0.25, 0.3) is 10.9 Å². The number of primary amides is 1. The van der Waals surface area contributed by atoms with Crippen molar-refractivity contribution in [3.05, 3.63) is 65.6 Å². The topological polar surface area (TPSA) is 118 Å². The van der Waals surface area contributed by atoms with E-state index in [1.54, 1.807) is 4.90 Å². The third-order valence-corrected chi connectivity index (χ3v) is 5.79. The number of fused-ring (bicyclic) bond motifs is 1. The summed E-state index contributed by atoms with van der Waals surface area (Å²) >= 11 is 0. The Morgan fingerprint density at radius 3 is 2.69 bits per heavy atom. The molecule has 164 valence electrons. The number of hydrogen-bond donors (Lipinski definition) is 2. The molecule has 1 fully saturated rings. The smallest absolute Gasteiger partial charge is 0.313 e. The van der Waals surface area contributed by atoms with Gasteiger partial charge in [-0.05, 0) is 55.5 Å². The van der Waals surface area contributed by atoms with E-state index in [-0.39, 0.29) is 23.2 Å². The van der Waals surface area contributed by atoms with Gasteiger partial charge in [0.25, 0.3) is 0 Å². The van der Waals surface area contributed by atoms with Crippen LogP contribution in [0.5, 0.6) is 0 Å². The van der Waals surface area contributed by atoms with Crippen molar-refractivity contribution < 1.29 is 14.4 Å². The van der Waals surface area contributed by atoms with E-state index < -0.39 is 17.7 Å². The van der Waals surface area contributed by atoms with Crippen molar-refractivity contribution in [1.29, 1.82) is 0 Å². The van der Waals surface area contributed by atoms with Crippen LogP contribution in [0.4, 0.5) is 5.69 Å². The molecule has 32 heavy (non-hydrogen) atoms. The molecule has 1 aliphatic heterocycles. The minimum absolute atomic E-state index is 0.153. The minimum Gasteiger partial charge on any atom is -0.366 e. The summed E-state index contributed by atoms with van der Waals surface area (Å²) in [6, 6.07) is 11.2. The van der Waals surface area contributed by atoms with E-state index in [0.29, 0.717) is 6.54 Å². The molecule has 2 aromatic heterocycles. The maximum Gasteiger partial charge on any atom is 0.313 e. The number of anilines is 1. The van der Waals surface area contributed by atoms with Crippen LogP contribution in [-0.4, -0.2) is 39.1 Å². The first-order chi connectivity index (χ1) is 15.3. The number of carbonyl (C=O) groups is 3. The number of nitrogens with zero attached hydrogens (tertiary/aromatic N) is 3. The van der Waals surface area contributed by atoms with Crippen molar-refractivity contribution >= 4 is 34.3 Å². The maximum absolute atomic E-state index is 13.1. The van der Waals surface area contributed by atoms with Crippen molar-refractivity contribution in [2.24, 2.45) is 11.7 Å². The average molecular weight is 431 g/mol. The van der Waals surface area contributed by atoms with Gasteiger partial charge in [-0.25, -0.2) is 0 Å². The molecule has 1 aromatic carbocycles. The van der Waals surface area contributed by atoms with Gasteiger partial charge in [0, 0.05) is 23.8 Å². The zero-order valence-corrected chi connectivity index (χ0v) is 18.0. The number of benzene rings is 1. The van der Waals surface area contributed by atoms with E-state index in [0.717, 1.165) is 35.0 Å². The highest BCUT2D eigenvalue weighted by molar-refractivity contribution is 6.39. The summed E-state index contributed by atoms with van der Waals surface area (Å²) < 4.78 is 0. The molecule has 2 atom stereocenters. The van der Waals surface area contributed by atoms with Crippen LogP contribution in [0.3, 0.4) is 0 Å². The lowest BCUT2D eigenvalue weighted by Crippen LogP contribution is -2.46. The van der Waals surface area contributed by atoms with Crippen molar-refractivity contribution in [3.63, 3.8) is 0 Å². The Balaban J connectivity index is 1.58. The number of hydrogen-bond acceptors (Lipinski definition) is 5. The zero-order valence-electron chi connectivity index (χ0n) is 18.0. The van der Waals surface area contributed by atoms with Gasteiger partial charge < -0.3 is 16.0 Å². The van der Waals surface area contributed by atoms with Gasteiger partial charge >= 0.3 is 11.8 Å². The molecular formula is C24H25N5O3. The molecule has 3 heterocycles. The Morgan fingerprint density at radius 2 is 1.91 bits per heavy atom. The monoisotopic (exact) mass is 431 g/mol. The molecule has 4 rings (SSSR count). The molecule has 0 unspecified atom stereocenters. The summed E-state index contributed by atoms with van der Waals surface area (Å²) in [5.74, 6) is -1.77. The summed E-state index contributed by atoms with van der Waals surface area (Å²) in [7, 11) is 0. The summed E-state index contributed by atoms with van der Waals surface area (Å²) in [6.07, 6.45) is 4.40. The summed E-state index contributed by atoms with van der Waals surface area (Å²) in [5.41, 5.74) is 8.48. The molecule has 8 heteroatoms. The van der Waals surface area contributed by atoms with E-state index >= 15 is 0 Å². The molecule has 0 aliphatic carbocycles. The number of nitrogens with one attached hydrogen (secondary N) is 1. The molecule has 0 radical (unpaired) electrons. The number of rotatable bonds is 3. The quantitative estimate of drug-likeness (QED) is 0.618. The van der Waals surface area contributed by atoms with Gasteiger partial charge in [0.2, 0.25) is 5.91 Å². The number of nitrogens with two attached hydrogens (primary N) is 1. The SMILES string of the molecule is Cc1ccc2cc([C@@H]3CC[C@@H](C)CN3C(=O)C(=O)Nc3cncc(C(N)=O)c3)ccc2n1.